The number of nitrogens with one attached hydrogen (secondary N) is 1. The molecule has 4 nitrogen and oxygen atoms in total. The molecular weight excluding hydrogens is 166 g/mol. The third-order valence-electron chi connectivity index (χ3n) is 3.10. The first-order chi connectivity index (χ1) is 6.33. The monoisotopic (exact) mass is 175 g/mol. The lowest BCUT2D eigenvalue weighted by atomic mass is 9.66. The van der Waals surface area contributed by atoms with Gasteiger partial charge in [-0.25, -0.2) is 9.97 Å². The lowest BCUT2D eigenvalue weighted by Gasteiger charge is -2.35. The molecule has 2 aliphatic rings. The zero-order chi connectivity index (χ0) is 8.89. The normalized spacial score (nSPS) is 22.3. The van der Waals surface area contributed by atoms with Gasteiger partial charge in [-0.05, 0) is 12.8 Å². The lowest BCUT2D eigenvalue weighted by Crippen LogP contribution is -2.40. The summed E-state index contributed by atoms with van der Waals surface area (Å²) in [4.78, 5) is 19.7. The molecule has 0 saturated heterocycles. The SMILES string of the molecule is O=C1Nc2ncncc2C12CCC2. The maximum absolute atomic E-state index is 11.7. The summed E-state index contributed by atoms with van der Waals surface area (Å²) in [5.74, 6) is 0.814. The quantitative estimate of drug-likeness (QED) is 0.636. The average Bonchev–Trinajstić information content (AvgIpc) is 2.35. The fourth-order valence-electron chi connectivity index (χ4n) is 2.16. The zero-order valence-electron chi connectivity index (χ0n) is 7.08. The average molecular weight is 175 g/mol. The summed E-state index contributed by atoms with van der Waals surface area (Å²) >= 11 is 0. The fraction of sp³-hybridized carbons (Fsp3) is 0.444. The summed E-state index contributed by atoms with van der Waals surface area (Å²) in [6, 6.07) is 0. The molecule has 1 amide bonds. The van der Waals surface area contributed by atoms with Crippen LogP contribution in [0.15, 0.2) is 12.5 Å². The van der Waals surface area contributed by atoms with Crippen molar-refractivity contribution in [2.75, 3.05) is 5.32 Å². The smallest absolute Gasteiger partial charge is 0.236 e. The number of hydrogen-bond donors (Lipinski definition) is 1. The minimum Gasteiger partial charge on any atom is -0.310 e. The number of carbonyl (C=O) groups is 1. The Labute approximate surface area is 75.4 Å². The molecule has 13 heavy (non-hydrogen) atoms. The number of anilines is 1. The Hall–Kier alpha value is -1.45. The minimum absolute atomic E-state index is 0.106. The summed E-state index contributed by atoms with van der Waals surface area (Å²) < 4.78 is 0. The molecule has 1 aliphatic heterocycles. The van der Waals surface area contributed by atoms with Gasteiger partial charge in [0.05, 0.1) is 5.41 Å². The van der Waals surface area contributed by atoms with Crippen molar-refractivity contribution in [1.29, 1.82) is 0 Å². The molecule has 1 aromatic heterocycles. The van der Waals surface area contributed by atoms with Crippen LogP contribution in [-0.2, 0) is 10.2 Å². The largest absolute Gasteiger partial charge is 0.310 e. The molecular formula is C9H9N3O. The van der Waals surface area contributed by atoms with Crippen LogP contribution >= 0.6 is 0 Å². The van der Waals surface area contributed by atoms with Crippen LogP contribution in [0.5, 0.6) is 0 Å². The van der Waals surface area contributed by atoms with E-state index in [1.54, 1.807) is 6.20 Å². The van der Waals surface area contributed by atoms with Gasteiger partial charge in [0, 0.05) is 11.8 Å². The van der Waals surface area contributed by atoms with E-state index >= 15 is 0 Å². The highest BCUT2D eigenvalue weighted by molar-refractivity contribution is 6.05. The molecule has 1 aliphatic carbocycles. The predicted molar refractivity (Wildman–Crippen MR) is 46.2 cm³/mol. The van der Waals surface area contributed by atoms with Crippen molar-refractivity contribution >= 4 is 11.7 Å². The van der Waals surface area contributed by atoms with Crippen molar-refractivity contribution in [3.05, 3.63) is 18.1 Å². The Morgan fingerprint density at radius 3 is 3.00 bits per heavy atom. The van der Waals surface area contributed by atoms with Crippen molar-refractivity contribution in [3.63, 3.8) is 0 Å². The summed E-state index contributed by atoms with van der Waals surface area (Å²) in [6.07, 6.45) is 6.25. The van der Waals surface area contributed by atoms with Crippen molar-refractivity contribution in [2.24, 2.45) is 0 Å². The van der Waals surface area contributed by atoms with Crippen LogP contribution in [0.4, 0.5) is 5.82 Å². The molecule has 1 spiro atoms. The predicted octanol–water partition coefficient (Wildman–Crippen LogP) is 0.850. The third kappa shape index (κ3) is 0.685. The van der Waals surface area contributed by atoms with Gasteiger partial charge in [-0.3, -0.25) is 4.79 Å². The highest BCUT2D eigenvalue weighted by atomic mass is 16.2. The number of rotatable bonds is 0. The molecule has 0 aromatic carbocycles. The van der Waals surface area contributed by atoms with E-state index in [0.717, 1.165) is 24.8 Å². The lowest BCUT2D eigenvalue weighted by molar-refractivity contribution is -0.123. The van der Waals surface area contributed by atoms with Crippen LogP contribution in [0.3, 0.4) is 0 Å². The first-order valence-corrected chi connectivity index (χ1v) is 4.45. The number of hydrogen-bond acceptors (Lipinski definition) is 3. The number of carbonyl (C=O) groups excluding carboxylic acids is 1. The van der Waals surface area contributed by atoms with Crippen molar-refractivity contribution < 1.29 is 4.79 Å². The molecule has 0 bridgehead atoms. The molecule has 1 aromatic rings. The summed E-state index contributed by atoms with van der Waals surface area (Å²) in [6.45, 7) is 0. The maximum Gasteiger partial charge on any atom is 0.236 e. The number of amides is 1. The highest BCUT2D eigenvalue weighted by Crippen LogP contribution is 2.49. The fourth-order valence-corrected chi connectivity index (χ4v) is 2.16. The van der Waals surface area contributed by atoms with Crippen LogP contribution in [-0.4, -0.2) is 15.9 Å². The second-order valence-electron chi connectivity index (χ2n) is 3.67. The van der Waals surface area contributed by atoms with E-state index in [2.05, 4.69) is 15.3 Å². The Balaban J connectivity index is 2.20. The van der Waals surface area contributed by atoms with Crippen LogP contribution < -0.4 is 5.32 Å². The first-order valence-electron chi connectivity index (χ1n) is 4.45. The molecule has 1 N–H and O–H groups in total. The Kier molecular flexibility index (Phi) is 1.12. The summed E-state index contributed by atoms with van der Waals surface area (Å²) in [5, 5.41) is 2.80. The van der Waals surface area contributed by atoms with Gasteiger partial charge in [-0.2, -0.15) is 0 Å². The van der Waals surface area contributed by atoms with Gasteiger partial charge < -0.3 is 5.32 Å². The zero-order valence-corrected chi connectivity index (χ0v) is 7.08. The molecule has 0 unspecified atom stereocenters. The Bertz CT molecular complexity index is 384. The number of nitrogens with zero attached hydrogens (tertiary/aromatic N) is 2. The van der Waals surface area contributed by atoms with Crippen molar-refractivity contribution in [2.45, 2.75) is 24.7 Å². The standard InChI is InChI=1S/C9H9N3O/c13-8-9(2-1-3-9)6-4-10-5-11-7(6)12-8/h4-5H,1-3H2,(H,10,11,12,13). The van der Waals surface area contributed by atoms with E-state index in [0.29, 0.717) is 5.82 Å². The molecule has 66 valence electrons. The highest BCUT2D eigenvalue weighted by Gasteiger charge is 2.51. The first kappa shape index (κ1) is 7.00. The van der Waals surface area contributed by atoms with E-state index in [4.69, 9.17) is 0 Å². The van der Waals surface area contributed by atoms with E-state index in [1.165, 1.54) is 6.33 Å². The van der Waals surface area contributed by atoms with Crippen molar-refractivity contribution in [3.8, 4) is 0 Å². The molecule has 2 heterocycles. The third-order valence-corrected chi connectivity index (χ3v) is 3.10. The summed E-state index contributed by atoms with van der Waals surface area (Å²) in [5.41, 5.74) is 0.725. The molecule has 4 heteroatoms. The molecule has 0 atom stereocenters. The minimum atomic E-state index is -0.267. The number of aromatic nitrogens is 2. The Morgan fingerprint density at radius 1 is 1.46 bits per heavy atom. The van der Waals surface area contributed by atoms with E-state index in [1.807, 2.05) is 0 Å². The van der Waals surface area contributed by atoms with Crippen LogP contribution in [0.1, 0.15) is 24.8 Å². The topological polar surface area (TPSA) is 54.9 Å². The van der Waals surface area contributed by atoms with Gasteiger partial charge in [-0.15, -0.1) is 0 Å². The van der Waals surface area contributed by atoms with Gasteiger partial charge in [0.1, 0.15) is 12.1 Å². The van der Waals surface area contributed by atoms with Crippen molar-refractivity contribution in [1.82, 2.24) is 9.97 Å². The number of fused-ring (bicyclic) bond motifs is 2. The van der Waals surface area contributed by atoms with Crippen LogP contribution in [0, 0.1) is 0 Å². The van der Waals surface area contributed by atoms with E-state index in [-0.39, 0.29) is 11.3 Å². The van der Waals surface area contributed by atoms with Crippen LogP contribution in [0.25, 0.3) is 0 Å². The van der Waals surface area contributed by atoms with Gasteiger partial charge in [0.2, 0.25) is 5.91 Å². The second kappa shape index (κ2) is 2.07. The Morgan fingerprint density at radius 2 is 2.31 bits per heavy atom. The molecule has 1 saturated carbocycles. The summed E-state index contributed by atoms with van der Waals surface area (Å²) in [7, 11) is 0. The van der Waals surface area contributed by atoms with Gasteiger partial charge in [0.15, 0.2) is 0 Å². The van der Waals surface area contributed by atoms with Gasteiger partial charge >= 0.3 is 0 Å². The van der Waals surface area contributed by atoms with E-state index < -0.39 is 0 Å². The van der Waals surface area contributed by atoms with Gasteiger partial charge in [0.25, 0.3) is 0 Å². The molecule has 0 radical (unpaired) electrons. The molecule has 3 rings (SSSR count). The second-order valence-corrected chi connectivity index (χ2v) is 3.67. The van der Waals surface area contributed by atoms with Gasteiger partial charge in [-0.1, -0.05) is 6.42 Å². The van der Waals surface area contributed by atoms with E-state index in [9.17, 15) is 4.79 Å². The molecule has 1 fully saturated rings. The maximum atomic E-state index is 11.7. The van der Waals surface area contributed by atoms with Crippen LogP contribution in [0.2, 0.25) is 0 Å².